The van der Waals surface area contributed by atoms with Gasteiger partial charge in [-0.3, -0.25) is 37.3 Å². The first-order valence-corrected chi connectivity index (χ1v) is 44.2. The van der Waals surface area contributed by atoms with Crippen molar-refractivity contribution in [2.75, 3.05) is 39.6 Å². The average Bonchev–Trinajstić information content (AvgIpc) is 0.933. The third-order valence-electron chi connectivity index (χ3n) is 18.1. The zero-order chi connectivity index (χ0) is 73.2. The Morgan fingerprint density at radius 3 is 0.770 bits per heavy atom. The molecular weight excluding hydrogens is 1310 g/mol. The van der Waals surface area contributed by atoms with Gasteiger partial charge in [-0.15, -0.1) is 0 Å². The number of hydrogen-bond donors (Lipinski definition) is 3. The fraction of sp³-hybridized carbons (Fsp3) is 0.877. The van der Waals surface area contributed by atoms with Gasteiger partial charge in [0.15, 0.2) is 12.2 Å². The summed E-state index contributed by atoms with van der Waals surface area (Å²) >= 11 is 0. The number of unbranched alkanes of at least 4 members (excludes halogenated alkanes) is 47. The summed E-state index contributed by atoms with van der Waals surface area (Å²) in [5.74, 6) is -2.15. The minimum Gasteiger partial charge on any atom is -0.462 e. The van der Waals surface area contributed by atoms with Crippen molar-refractivity contribution in [1.82, 2.24) is 0 Å². The van der Waals surface area contributed by atoms with Gasteiger partial charge in [0, 0.05) is 25.7 Å². The van der Waals surface area contributed by atoms with E-state index in [1.165, 1.54) is 193 Å². The standard InChI is InChI=1S/C81H152O17P2/c1-5-9-13-17-21-25-29-33-36-37-40-44-48-52-56-60-64-68-81(86)98-77(72-92-79(84)66-62-58-54-50-46-42-38-34-30-26-22-18-14-10-6-2)74-96-100(89,90)94-70-75(82)69-93-99(87,88)95-73-76(71-91-78(83)65-61-57-53-49-45-41-32-28-24-20-16-12-8-4)97-80(85)67-63-59-55-51-47-43-39-35-31-27-23-19-15-11-7-3/h22,26,34-35,38-39,75-77,82H,5-21,23-25,27-33,36-37,40-74H2,1-4H3,(H,87,88)(H,89,90)/b26-22-,38-34-,39-35-/t75-,76-,77-/m1/s1. The molecule has 0 heterocycles. The van der Waals surface area contributed by atoms with E-state index in [9.17, 15) is 43.2 Å². The lowest BCUT2D eigenvalue weighted by atomic mass is 10.0. The summed E-state index contributed by atoms with van der Waals surface area (Å²) in [4.78, 5) is 73.0. The fourth-order valence-corrected chi connectivity index (χ4v) is 13.4. The first-order valence-electron chi connectivity index (χ1n) is 41.2. The van der Waals surface area contributed by atoms with Crippen LogP contribution in [-0.2, 0) is 65.4 Å². The van der Waals surface area contributed by atoms with E-state index < -0.39 is 97.5 Å². The number of aliphatic hydroxyl groups is 1. The summed E-state index contributed by atoms with van der Waals surface area (Å²) in [5.41, 5.74) is 0. The van der Waals surface area contributed by atoms with Crippen LogP contribution in [0.25, 0.3) is 0 Å². The van der Waals surface area contributed by atoms with Crippen LogP contribution >= 0.6 is 15.6 Å². The topological polar surface area (TPSA) is 237 Å². The maximum Gasteiger partial charge on any atom is 0.472 e. The number of carbonyl (C=O) groups is 4. The number of phosphoric ester groups is 2. The SMILES string of the molecule is CCCCC/C=C\C/C=C\CCCCCCCC(=O)OC[C@H](COP(=O)(O)OC[C@H](O)COP(=O)(O)OC[C@@H](COC(=O)CCCCCCCCCCCCCCC)OC(=O)CCCCCCC/C=C\CCCCCCCC)OC(=O)CCCCCCCCCCCCCCCCCCC. The van der Waals surface area contributed by atoms with Crippen molar-refractivity contribution in [3.63, 3.8) is 0 Å². The lowest BCUT2D eigenvalue weighted by Gasteiger charge is -2.21. The van der Waals surface area contributed by atoms with Crippen LogP contribution < -0.4 is 0 Å². The van der Waals surface area contributed by atoms with Crippen LogP contribution in [0.1, 0.15) is 400 Å². The van der Waals surface area contributed by atoms with E-state index >= 15 is 0 Å². The molecule has 0 rings (SSSR count). The molecule has 0 bridgehead atoms. The summed E-state index contributed by atoms with van der Waals surface area (Å²) in [6.45, 7) is 4.93. The minimum absolute atomic E-state index is 0.0928. The van der Waals surface area contributed by atoms with Crippen LogP contribution in [0.2, 0.25) is 0 Å². The molecule has 0 aliphatic rings. The smallest absolute Gasteiger partial charge is 0.462 e. The summed E-state index contributed by atoms with van der Waals surface area (Å²) in [5, 5.41) is 10.6. The molecule has 0 aromatic carbocycles. The van der Waals surface area contributed by atoms with Gasteiger partial charge in [0.25, 0.3) is 0 Å². The molecule has 0 aliphatic heterocycles. The van der Waals surface area contributed by atoms with Crippen molar-refractivity contribution < 1.29 is 80.2 Å². The van der Waals surface area contributed by atoms with E-state index in [2.05, 4.69) is 64.2 Å². The minimum atomic E-state index is -4.97. The lowest BCUT2D eigenvalue weighted by Crippen LogP contribution is -2.30. The number of rotatable bonds is 79. The van der Waals surface area contributed by atoms with Gasteiger partial charge in [-0.25, -0.2) is 9.13 Å². The summed E-state index contributed by atoms with van der Waals surface area (Å²) < 4.78 is 68.7. The van der Waals surface area contributed by atoms with Gasteiger partial charge in [0.2, 0.25) is 0 Å². The van der Waals surface area contributed by atoms with Crippen LogP contribution in [-0.4, -0.2) is 96.7 Å². The molecule has 588 valence electrons. The lowest BCUT2D eigenvalue weighted by molar-refractivity contribution is -0.161. The van der Waals surface area contributed by atoms with Gasteiger partial charge in [-0.2, -0.15) is 0 Å². The molecule has 0 saturated heterocycles. The molecule has 100 heavy (non-hydrogen) atoms. The maximum atomic E-state index is 13.1. The molecule has 3 N–H and O–H groups in total. The van der Waals surface area contributed by atoms with E-state index in [1.54, 1.807) is 0 Å². The molecule has 0 radical (unpaired) electrons. The number of aliphatic hydroxyl groups excluding tert-OH is 1. The highest BCUT2D eigenvalue weighted by atomic mass is 31.2. The number of phosphoric acid groups is 2. The normalized spacial score (nSPS) is 14.0. The van der Waals surface area contributed by atoms with Crippen LogP contribution in [0.5, 0.6) is 0 Å². The van der Waals surface area contributed by atoms with Crippen LogP contribution in [0.15, 0.2) is 36.5 Å². The third-order valence-corrected chi connectivity index (χ3v) is 20.0. The van der Waals surface area contributed by atoms with E-state index in [0.717, 1.165) is 128 Å². The molecule has 0 amide bonds. The van der Waals surface area contributed by atoms with E-state index in [-0.39, 0.29) is 25.7 Å². The predicted molar refractivity (Wildman–Crippen MR) is 409 cm³/mol. The Morgan fingerprint density at radius 2 is 0.490 bits per heavy atom. The second-order valence-corrected chi connectivity index (χ2v) is 31.0. The molecule has 0 spiro atoms. The van der Waals surface area contributed by atoms with E-state index in [4.69, 9.17) is 37.0 Å². The van der Waals surface area contributed by atoms with Crippen molar-refractivity contribution in [3.05, 3.63) is 36.5 Å². The molecule has 0 aromatic rings. The third kappa shape index (κ3) is 73.6. The highest BCUT2D eigenvalue weighted by Crippen LogP contribution is 2.45. The van der Waals surface area contributed by atoms with Crippen molar-refractivity contribution in [1.29, 1.82) is 0 Å². The van der Waals surface area contributed by atoms with Crippen LogP contribution in [0.3, 0.4) is 0 Å². The fourth-order valence-electron chi connectivity index (χ4n) is 11.8. The van der Waals surface area contributed by atoms with Gasteiger partial charge in [-0.05, 0) is 83.5 Å². The monoisotopic (exact) mass is 1460 g/mol. The molecule has 0 aliphatic carbocycles. The Balaban J connectivity index is 5.31. The van der Waals surface area contributed by atoms with Gasteiger partial charge < -0.3 is 33.8 Å². The molecule has 2 unspecified atom stereocenters. The summed E-state index contributed by atoms with van der Waals surface area (Å²) in [6, 6.07) is 0. The Labute approximate surface area is 611 Å². The number of allylic oxidation sites excluding steroid dienone is 6. The Hall–Kier alpha value is -2.72. The second-order valence-electron chi connectivity index (χ2n) is 28.1. The number of esters is 4. The molecule has 0 fully saturated rings. The largest absolute Gasteiger partial charge is 0.472 e. The van der Waals surface area contributed by atoms with E-state index in [0.29, 0.717) is 25.7 Å². The van der Waals surface area contributed by atoms with E-state index in [1.807, 2.05) is 0 Å². The molecule has 5 atom stereocenters. The Morgan fingerprint density at radius 1 is 0.280 bits per heavy atom. The van der Waals surface area contributed by atoms with Gasteiger partial charge in [0.1, 0.15) is 19.3 Å². The zero-order valence-corrected chi connectivity index (χ0v) is 66.2. The highest BCUT2D eigenvalue weighted by molar-refractivity contribution is 7.47. The number of hydrogen-bond acceptors (Lipinski definition) is 15. The van der Waals surface area contributed by atoms with Gasteiger partial charge in [-0.1, -0.05) is 327 Å². The molecule has 0 aromatic heterocycles. The molecular formula is C81H152O17P2. The van der Waals surface area contributed by atoms with Gasteiger partial charge >= 0.3 is 39.5 Å². The van der Waals surface area contributed by atoms with Crippen LogP contribution in [0, 0.1) is 0 Å². The number of ether oxygens (including phenoxy) is 4. The molecule has 17 nitrogen and oxygen atoms in total. The van der Waals surface area contributed by atoms with Crippen molar-refractivity contribution in [3.8, 4) is 0 Å². The highest BCUT2D eigenvalue weighted by Gasteiger charge is 2.30. The van der Waals surface area contributed by atoms with Crippen molar-refractivity contribution >= 4 is 39.5 Å². The first-order chi connectivity index (χ1) is 48.7. The average molecular weight is 1460 g/mol. The first kappa shape index (κ1) is 97.3. The Bertz CT molecular complexity index is 2040. The van der Waals surface area contributed by atoms with Crippen molar-refractivity contribution in [2.45, 2.75) is 418 Å². The summed E-state index contributed by atoms with van der Waals surface area (Å²) in [6.07, 6.45) is 71.1. The van der Waals surface area contributed by atoms with Crippen molar-refractivity contribution in [2.24, 2.45) is 0 Å². The molecule has 19 heteroatoms. The van der Waals surface area contributed by atoms with Crippen LogP contribution in [0.4, 0.5) is 0 Å². The number of carbonyl (C=O) groups excluding carboxylic acids is 4. The summed E-state index contributed by atoms with van der Waals surface area (Å²) in [7, 11) is -9.94. The second kappa shape index (κ2) is 74.5. The predicted octanol–water partition coefficient (Wildman–Crippen LogP) is 23.9. The van der Waals surface area contributed by atoms with Gasteiger partial charge in [0.05, 0.1) is 26.4 Å². The zero-order valence-electron chi connectivity index (χ0n) is 64.4. The quantitative estimate of drug-likeness (QED) is 0.0169. The molecule has 0 saturated carbocycles. The maximum absolute atomic E-state index is 13.1. The Kier molecular flexibility index (Phi) is 72.5.